The van der Waals surface area contributed by atoms with Crippen LogP contribution < -0.4 is 5.43 Å². The van der Waals surface area contributed by atoms with Crippen molar-refractivity contribution >= 4 is 10.9 Å². The molecule has 0 saturated heterocycles. The third-order valence-corrected chi connectivity index (χ3v) is 4.67. The van der Waals surface area contributed by atoms with E-state index in [4.69, 9.17) is 0 Å². The van der Waals surface area contributed by atoms with Gasteiger partial charge in [-0.1, -0.05) is 72.3 Å². The molecule has 0 unspecified atom stereocenters. The highest BCUT2D eigenvalue weighted by atomic mass is 16.1. The van der Waals surface area contributed by atoms with Crippen molar-refractivity contribution in [1.29, 1.82) is 0 Å². The summed E-state index contributed by atoms with van der Waals surface area (Å²) in [7, 11) is 2.03. The summed E-state index contributed by atoms with van der Waals surface area (Å²) in [4.78, 5) is 13.4. The maximum atomic E-state index is 13.4. The fraction of sp³-hybridized carbons (Fsp3) is 0.0870. The third kappa shape index (κ3) is 2.56. The van der Waals surface area contributed by atoms with Crippen LogP contribution >= 0.6 is 0 Å². The lowest BCUT2D eigenvalue weighted by Gasteiger charge is -2.18. The molecule has 1 heterocycles. The molecule has 3 aromatic carbocycles. The zero-order valence-corrected chi connectivity index (χ0v) is 14.4. The number of fused-ring (bicyclic) bond motifs is 1. The molecule has 0 fully saturated rings. The fourth-order valence-electron chi connectivity index (χ4n) is 3.46. The van der Waals surface area contributed by atoms with Gasteiger partial charge in [-0.05, 0) is 30.2 Å². The van der Waals surface area contributed by atoms with E-state index in [0.29, 0.717) is 0 Å². The van der Waals surface area contributed by atoms with Crippen molar-refractivity contribution in [2.45, 2.75) is 6.92 Å². The fourth-order valence-corrected chi connectivity index (χ4v) is 3.46. The van der Waals surface area contributed by atoms with Gasteiger partial charge >= 0.3 is 0 Å². The summed E-state index contributed by atoms with van der Waals surface area (Å²) >= 11 is 0. The standard InChI is InChI=1S/C23H19NO/c1-16-13-14-20-19(15-16)23(25)21(17-9-5-3-6-10-17)22(24(20)2)18-11-7-4-8-12-18/h3-15H,1-2H3. The lowest BCUT2D eigenvalue weighted by molar-refractivity contribution is 0.962. The van der Waals surface area contributed by atoms with Gasteiger partial charge in [0.25, 0.3) is 0 Å². The summed E-state index contributed by atoms with van der Waals surface area (Å²) in [5.41, 5.74) is 5.83. The van der Waals surface area contributed by atoms with Crippen molar-refractivity contribution in [1.82, 2.24) is 4.57 Å². The first-order valence-corrected chi connectivity index (χ1v) is 8.41. The van der Waals surface area contributed by atoms with Crippen molar-refractivity contribution < 1.29 is 0 Å². The van der Waals surface area contributed by atoms with Gasteiger partial charge in [-0.15, -0.1) is 0 Å². The normalized spacial score (nSPS) is 11.0. The van der Waals surface area contributed by atoms with Crippen LogP contribution in [0.1, 0.15) is 5.56 Å². The molecule has 0 amide bonds. The highest BCUT2D eigenvalue weighted by molar-refractivity contribution is 5.92. The van der Waals surface area contributed by atoms with E-state index in [1.165, 1.54) is 0 Å². The minimum atomic E-state index is 0.0850. The van der Waals surface area contributed by atoms with Crippen LogP contribution in [0, 0.1) is 6.92 Å². The monoisotopic (exact) mass is 325 g/mol. The van der Waals surface area contributed by atoms with Gasteiger partial charge in [-0.25, -0.2) is 0 Å². The van der Waals surface area contributed by atoms with Gasteiger partial charge in [0.15, 0.2) is 5.43 Å². The highest BCUT2D eigenvalue weighted by Crippen LogP contribution is 2.32. The van der Waals surface area contributed by atoms with Gasteiger partial charge in [0, 0.05) is 12.4 Å². The first kappa shape index (κ1) is 15.4. The van der Waals surface area contributed by atoms with E-state index in [1.54, 1.807) is 0 Å². The second-order valence-electron chi connectivity index (χ2n) is 6.36. The largest absolute Gasteiger partial charge is 0.343 e. The molecule has 122 valence electrons. The predicted molar refractivity (Wildman–Crippen MR) is 105 cm³/mol. The van der Waals surface area contributed by atoms with E-state index < -0.39 is 0 Å². The minimum absolute atomic E-state index is 0.0850. The molecule has 0 saturated carbocycles. The number of hydrogen-bond donors (Lipinski definition) is 0. The van der Waals surface area contributed by atoms with Crippen molar-refractivity contribution in [3.05, 3.63) is 94.6 Å². The van der Waals surface area contributed by atoms with Crippen LogP contribution in [0.2, 0.25) is 0 Å². The summed E-state index contributed by atoms with van der Waals surface area (Å²) < 4.78 is 2.13. The maximum Gasteiger partial charge on any atom is 0.197 e. The molecule has 2 heteroatoms. The average molecular weight is 325 g/mol. The Labute approximate surface area is 147 Å². The molecule has 0 bridgehead atoms. The average Bonchev–Trinajstić information content (AvgIpc) is 2.65. The Hall–Kier alpha value is -3.13. The smallest absolute Gasteiger partial charge is 0.197 e. The Kier molecular flexibility index (Phi) is 3.73. The topological polar surface area (TPSA) is 22.0 Å². The number of benzene rings is 3. The summed E-state index contributed by atoms with van der Waals surface area (Å²) in [6.07, 6.45) is 0. The summed E-state index contributed by atoms with van der Waals surface area (Å²) in [6.45, 7) is 2.02. The van der Waals surface area contributed by atoms with Crippen molar-refractivity contribution in [3.63, 3.8) is 0 Å². The molecule has 0 aliphatic rings. The van der Waals surface area contributed by atoms with Crippen molar-refractivity contribution in [2.24, 2.45) is 7.05 Å². The minimum Gasteiger partial charge on any atom is -0.343 e. The first-order valence-electron chi connectivity index (χ1n) is 8.41. The number of pyridine rings is 1. The number of rotatable bonds is 2. The Morgan fingerprint density at radius 3 is 2.00 bits per heavy atom. The summed E-state index contributed by atoms with van der Waals surface area (Å²) in [6, 6.07) is 26.1. The highest BCUT2D eigenvalue weighted by Gasteiger charge is 2.18. The Morgan fingerprint density at radius 2 is 1.36 bits per heavy atom. The van der Waals surface area contributed by atoms with Crippen molar-refractivity contribution in [3.8, 4) is 22.4 Å². The Balaban J connectivity index is 2.21. The van der Waals surface area contributed by atoms with Gasteiger partial charge in [0.2, 0.25) is 0 Å². The lowest BCUT2D eigenvalue weighted by Crippen LogP contribution is -2.14. The van der Waals surface area contributed by atoms with E-state index in [9.17, 15) is 4.79 Å². The second-order valence-corrected chi connectivity index (χ2v) is 6.36. The first-order chi connectivity index (χ1) is 12.2. The number of nitrogens with zero attached hydrogens (tertiary/aromatic N) is 1. The molecule has 0 aliphatic carbocycles. The quantitative estimate of drug-likeness (QED) is 0.498. The number of aryl methyl sites for hydroxylation is 2. The maximum absolute atomic E-state index is 13.4. The van der Waals surface area contributed by atoms with Crippen molar-refractivity contribution in [2.75, 3.05) is 0 Å². The Morgan fingerprint density at radius 1 is 0.760 bits per heavy atom. The molecule has 0 atom stereocenters. The van der Waals surface area contributed by atoms with Crippen LogP contribution in [0.4, 0.5) is 0 Å². The SMILES string of the molecule is Cc1ccc2c(c1)c(=O)c(-c1ccccc1)c(-c1ccccc1)n2C. The van der Waals surface area contributed by atoms with Crippen LogP contribution in [0.3, 0.4) is 0 Å². The van der Waals surface area contributed by atoms with Gasteiger partial charge < -0.3 is 4.57 Å². The summed E-state index contributed by atoms with van der Waals surface area (Å²) in [5, 5.41) is 0.765. The molecule has 4 aromatic rings. The van der Waals surface area contributed by atoms with E-state index in [-0.39, 0.29) is 5.43 Å². The van der Waals surface area contributed by atoms with E-state index in [2.05, 4.69) is 22.8 Å². The van der Waals surface area contributed by atoms with Gasteiger partial charge in [0.05, 0.1) is 16.8 Å². The van der Waals surface area contributed by atoms with Gasteiger partial charge in [0.1, 0.15) is 0 Å². The van der Waals surface area contributed by atoms with E-state index in [1.807, 2.05) is 74.6 Å². The molecule has 0 radical (unpaired) electrons. The van der Waals surface area contributed by atoms with Crippen LogP contribution in [-0.2, 0) is 7.05 Å². The van der Waals surface area contributed by atoms with Crippen LogP contribution in [0.15, 0.2) is 83.7 Å². The second kappa shape index (κ2) is 6.06. The molecule has 0 spiro atoms. The third-order valence-electron chi connectivity index (χ3n) is 4.67. The van der Waals surface area contributed by atoms with Crippen LogP contribution in [-0.4, -0.2) is 4.57 Å². The Bertz CT molecular complexity index is 1110. The zero-order valence-electron chi connectivity index (χ0n) is 14.4. The molecule has 1 aromatic heterocycles. The van der Waals surface area contributed by atoms with Crippen LogP contribution in [0.5, 0.6) is 0 Å². The molecule has 2 nitrogen and oxygen atoms in total. The zero-order chi connectivity index (χ0) is 17.4. The molecule has 0 aliphatic heterocycles. The molecular weight excluding hydrogens is 306 g/mol. The van der Waals surface area contributed by atoms with Gasteiger partial charge in [-0.2, -0.15) is 0 Å². The lowest BCUT2D eigenvalue weighted by atomic mass is 9.95. The molecule has 25 heavy (non-hydrogen) atoms. The predicted octanol–water partition coefficient (Wildman–Crippen LogP) is 5.18. The molecule has 0 N–H and O–H groups in total. The molecule has 4 rings (SSSR count). The number of aromatic nitrogens is 1. The summed E-state index contributed by atoms with van der Waals surface area (Å²) in [5.74, 6) is 0. The number of hydrogen-bond acceptors (Lipinski definition) is 1. The van der Waals surface area contributed by atoms with Crippen LogP contribution in [0.25, 0.3) is 33.3 Å². The van der Waals surface area contributed by atoms with Gasteiger partial charge in [-0.3, -0.25) is 4.79 Å². The van der Waals surface area contributed by atoms with E-state index >= 15 is 0 Å². The molecular formula is C23H19NO. The van der Waals surface area contributed by atoms with E-state index in [0.717, 1.165) is 38.9 Å².